The molecule has 1 aliphatic rings. The van der Waals surface area contributed by atoms with Gasteiger partial charge in [-0.25, -0.2) is 0 Å². The molecular formula is C14H25N. The standard InChI is InChI=1S/C14H25N/c1-12(2)6-5-11-15(4)14-9-7-13(3)8-10-14/h6-7,14H,5,8-11H2,1-4H3. The molecule has 1 unspecified atom stereocenters. The van der Waals surface area contributed by atoms with E-state index >= 15 is 0 Å². The van der Waals surface area contributed by atoms with E-state index in [4.69, 9.17) is 0 Å². The fraction of sp³-hybridized carbons (Fsp3) is 0.714. The van der Waals surface area contributed by atoms with E-state index in [9.17, 15) is 0 Å². The molecule has 1 atom stereocenters. The highest BCUT2D eigenvalue weighted by molar-refractivity contribution is 5.04. The molecular weight excluding hydrogens is 182 g/mol. The second kappa shape index (κ2) is 6.12. The monoisotopic (exact) mass is 207 g/mol. The summed E-state index contributed by atoms with van der Waals surface area (Å²) in [5, 5.41) is 0. The Labute approximate surface area is 94.9 Å². The molecule has 0 radical (unpaired) electrons. The van der Waals surface area contributed by atoms with Crippen molar-refractivity contribution in [2.75, 3.05) is 13.6 Å². The molecule has 0 aromatic carbocycles. The van der Waals surface area contributed by atoms with Gasteiger partial charge in [-0.3, -0.25) is 0 Å². The number of hydrogen-bond donors (Lipinski definition) is 0. The largest absolute Gasteiger partial charge is 0.303 e. The molecule has 1 nitrogen and oxygen atoms in total. The Morgan fingerprint density at radius 3 is 2.80 bits per heavy atom. The van der Waals surface area contributed by atoms with Crippen LogP contribution in [0, 0.1) is 0 Å². The van der Waals surface area contributed by atoms with Gasteiger partial charge in [-0.05, 0) is 53.5 Å². The Morgan fingerprint density at radius 2 is 2.27 bits per heavy atom. The van der Waals surface area contributed by atoms with Crippen LogP contribution < -0.4 is 0 Å². The van der Waals surface area contributed by atoms with Crippen LogP contribution in [0.25, 0.3) is 0 Å². The number of hydrogen-bond acceptors (Lipinski definition) is 1. The lowest BCUT2D eigenvalue weighted by atomic mass is 9.95. The normalized spacial score (nSPS) is 21.4. The Morgan fingerprint density at radius 1 is 1.53 bits per heavy atom. The van der Waals surface area contributed by atoms with Gasteiger partial charge < -0.3 is 4.90 Å². The lowest BCUT2D eigenvalue weighted by molar-refractivity contribution is 0.229. The molecule has 0 bridgehead atoms. The van der Waals surface area contributed by atoms with Crippen LogP contribution in [0.4, 0.5) is 0 Å². The lowest BCUT2D eigenvalue weighted by Gasteiger charge is -2.29. The molecule has 0 saturated heterocycles. The summed E-state index contributed by atoms with van der Waals surface area (Å²) in [6.45, 7) is 7.79. The molecule has 86 valence electrons. The van der Waals surface area contributed by atoms with Crippen molar-refractivity contribution in [3.8, 4) is 0 Å². The van der Waals surface area contributed by atoms with Crippen LogP contribution in [0.3, 0.4) is 0 Å². The van der Waals surface area contributed by atoms with Crippen LogP contribution in [0.2, 0.25) is 0 Å². The first kappa shape index (κ1) is 12.5. The van der Waals surface area contributed by atoms with Crippen molar-refractivity contribution < 1.29 is 0 Å². The van der Waals surface area contributed by atoms with Gasteiger partial charge in [-0.2, -0.15) is 0 Å². The molecule has 0 aromatic heterocycles. The molecule has 1 aliphatic carbocycles. The van der Waals surface area contributed by atoms with E-state index < -0.39 is 0 Å². The van der Waals surface area contributed by atoms with Crippen molar-refractivity contribution in [1.29, 1.82) is 0 Å². The SMILES string of the molecule is CC(C)=CCCN(C)C1CC=C(C)CC1. The summed E-state index contributed by atoms with van der Waals surface area (Å²) in [6, 6.07) is 0.777. The highest BCUT2D eigenvalue weighted by atomic mass is 15.1. The number of nitrogens with zero attached hydrogens (tertiary/aromatic N) is 1. The molecule has 1 heteroatoms. The van der Waals surface area contributed by atoms with Crippen molar-refractivity contribution in [1.82, 2.24) is 4.90 Å². The molecule has 0 spiro atoms. The van der Waals surface area contributed by atoms with Crippen LogP contribution in [0.1, 0.15) is 46.5 Å². The topological polar surface area (TPSA) is 3.24 Å². The maximum atomic E-state index is 2.52. The molecule has 0 heterocycles. The van der Waals surface area contributed by atoms with Crippen LogP contribution in [0.15, 0.2) is 23.3 Å². The first-order valence-electron chi connectivity index (χ1n) is 6.09. The maximum absolute atomic E-state index is 2.52. The smallest absolute Gasteiger partial charge is 0.0130 e. The zero-order chi connectivity index (χ0) is 11.3. The van der Waals surface area contributed by atoms with Crippen LogP contribution >= 0.6 is 0 Å². The molecule has 0 saturated carbocycles. The van der Waals surface area contributed by atoms with E-state index in [1.54, 1.807) is 5.57 Å². The molecule has 1 rings (SSSR count). The second-order valence-corrected chi connectivity index (χ2v) is 5.03. The van der Waals surface area contributed by atoms with E-state index in [1.165, 1.54) is 37.8 Å². The van der Waals surface area contributed by atoms with E-state index in [0.29, 0.717) is 0 Å². The Hall–Kier alpha value is -0.560. The minimum absolute atomic E-state index is 0.777. The summed E-state index contributed by atoms with van der Waals surface area (Å²) in [5.74, 6) is 0. The Bertz CT molecular complexity index is 246. The fourth-order valence-electron chi connectivity index (χ4n) is 2.09. The summed E-state index contributed by atoms with van der Waals surface area (Å²) < 4.78 is 0. The Balaban J connectivity index is 2.29. The Kier molecular flexibility index (Phi) is 5.10. The third kappa shape index (κ3) is 4.65. The second-order valence-electron chi connectivity index (χ2n) is 5.03. The molecule has 0 amide bonds. The van der Waals surface area contributed by atoms with Gasteiger partial charge in [-0.1, -0.05) is 23.3 Å². The zero-order valence-corrected chi connectivity index (χ0v) is 10.7. The van der Waals surface area contributed by atoms with Gasteiger partial charge in [-0.15, -0.1) is 0 Å². The zero-order valence-electron chi connectivity index (χ0n) is 10.7. The summed E-state index contributed by atoms with van der Waals surface area (Å²) >= 11 is 0. The predicted molar refractivity (Wildman–Crippen MR) is 68.1 cm³/mol. The summed E-state index contributed by atoms with van der Waals surface area (Å²) in [4.78, 5) is 2.52. The van der Waals surface area contributed by atoms with Gasteiger partial charge in [0.2, 0.25) is 0 Å². The van der Waals surface area contributed by atoms with Gasteiger partial charge in [0, 0.05) is 12.6 Å². The lowest BCUT2D eigenvalue weighted by Crippen LogP contribution is -2.33. The van der Waals surface area contributed by atoms with Gasteiger partial charge in [0.1, 0.15) is 0 Å². The van der Waals surface area contributed by atoms with E-state index in [0.717, 1.165) is 6.04 Å². The molecule has 0 aromatic rings. The summed E-state index contributed by atoms with van der Waals surface area (Å²) in [7, 11) is 2.26. The van der Waals surface area contributed by atoms with Crippen molar-refractivity contribution >= 4 is 0 Å². The van der Waals surface area contributed by atoms with Crippen molar-refractivity contribution in [2.45, 2.75) is 52.5 Å². The maximum Gasteiger partial charge on any atom is 0.0130 e. The minimum Gasteiger partial charge on any atom is -0.303 e. The number of rotatable bonds is 4. The minimum atomic E-state index is 0.777. The number of allylic oxidation sites excluding steroid dienone is 2. The van der Waals surface area contributed by atoms with E-state index in [2.05, 4.69) is 44.9 Å². The van der Waals surface area contributed by atoms with Crippen molar-refractivity contribution in [3.63, 3.8) is 0 Å². The third-order valence-corrected chi connectivity index (χ3v) is 3.27. The van der Waals surface area contributed by atoms with Gasteiger partial charge >= 0.3 is 0 Å². The van der Waals surface area contributed by atoms with Gasteiger partial charge in [0.05, 0.1) is 0 Å². The van der Waals surface area contributed by atoms with Gasteiger partial charge in [0.15, 0.2) is 0 Å². The predicted octanol–water partition coefficient (Wildman–Crippen LogP) is 3.77. The highest BCUT2D eigenvalue weighted by Crippen LogP contribution is 2.21. The van der Waals surface area contributed by atoms with Crippen LogP contribution in [-0.4, -0.2) is 24.5 Å². The van der Waals surface area contributed by atoms with E-state index in [1.807, 2.05) is 0 Å². The third-order valence-electron chi connectivity index (χ3n) is 3.27. The van der Waals surface area contributed by atoms with Crippen molar-refractivity contribution in [3.05, 3.63) is 23.3 Å². The summed E-state index contributed by atoms with van der Waals surface area (Å²) in [6.07, 6.45) is 9.81. The molecule has 0 fully saturated rings. The summed E-state index contributed by atoms with van der Waals surface area (Å²) in [5.41, 5.74) is 3.01. The quantitative estimate of drug-likeness (QED) is 0.634. The fourth-order valence-corrected chi connectivity index (χ4v) is 2.09. The average Bonchev–Trinajstić information content (AvgIpc) is 2.18. The average molecular weight is 207 g/mol. The van der Waals surface area contributed by atoms with Crippen LogP contribution in [-0.2, 0) is 0 Å². The van der Waals surface area contributed by atoms with Gasteiger partial charge in [0.25, 0.3) is 0 Å². The van der Waals surface area contributed by atoms with E-state index in [-0.39, 0.29) is 0 Å². The first-order chi connectivity index (χ1) is 7.09. The highest BCUT2D eigenvalue weighted by Gasteiger charge is 2.16. The molecule has 0 aliphatic heterocycles. The van der Waals surface area contributed by atoms with Crippen LogP contribution in [0.5, 0.6) is 0 Å². The first-order valence-corrected chi connectivity index (χ1v) is 6.09. The van der Waals surface area contributed by atoms with Crippen molar-refractivity contribution in [2.24, 2.45) is 0 Å². The molecule has 15 heavy (non-hydrogen) atoms. The molecule has 0 N–H and O–H groups in total.